The Labute approximate surface area is 97.6 Å². The number of halogens is 3. The van der Waals surface area contributed by atoms with Crippen LogP contribution in [0.15, 0.2) is 24.3 Å². The summed E-state index contributed by atoms with van der Waals surface area (Å²) in [6, 6.07) is 7.46. The first-order valence-electron chi connectivity index (χ1n) is 5.66. The molecule has 17 heavy (non-hydrogen) atoms. The van der Waals surface area contributed by atoms with E-state index in [1.165, 1.54) is 0 Å². The third-order valence-corrected chi connectivity index (χ3v) is 3.24. The van der Waals surface area contributed by atoms with Crippen molar-refractivity contribution in [3.8, 4) is 0 Å². The lowest BCUT2D eigenvalue weighted by Crippen LogP contribution is -2.25. The van der Waals surface area contributed by atoms with Crippen molar-refractivity contribution >= 4 is 5.78 Å². The van der Waals surface area contributed by atoms with E-state index in [1.54, 1.807) is 0 Å². The summed E-state index contributed by atoms with van der Waals surface area (Å²) in [7, 11) is 0. The van der Waals surface area contributed by atoms with Crippen molar-refractivity contribution in [1.29, 1.82) is 0 Å². The number of carbonyl (C=O) groups excluding carboxylic acids is 1. The van der Waals surface area contributed by atoms with Gasteiger partial charge in [0.1, 0.15) is 0 Å². The molecule has 1 aromatic carbocycles. The Balaban J connectivity index is 2.17. The Morgan fingerprint density at radius 2 is 2.00 bits per heavy atom. The van der Waals surface area contributed by atoms with Crippen LogP contribution in [0.3, 0.4) is 0 Å². The van der Waals surface area contributed by atoms with Crippen LogP contribution in [0.4, 0.5) is 13.2 Å². The monoisotopic (exact) mass is 242 g/mol. The van der Waals surface area contributed by atoms with Gasteiger partial charge in [-0.05, 0) is 36.3 Å². The minimum Gasteiger partial charge on any atom is -0.290 e. The summed E-state index contributed by atoms with van der Waals surface area (Å²) in [5, 5.41) is 0. The molecule has 0 amide bonds. The number of aryl methyl sites for hydroxylation is 1. The number of benzene rings is 1. The zero-order valence-corrected chi connectivity index (χ0v) is 9.26. The van der Waals surface area contributed by atoms with Crippen LogP contribution in [0.1, 0.15) is 36.3 Å². The molecule has 1 unspecified atom stereocenters. The molecule has 1 aliphatic rings. The van der Waals surface area contributed by atoms with Crippen molar-refractivity contribution in [2.24, 2.45) is 0 Å². The molecule has 0 radical (unpaired) electrons. The normalized spacial score (nSPS) is 19.8. The van der Waals surface area contributed by atoms with Crippen LogP contribution in [-0.2, 0) is 11.2 Å². The number of rotatable bonds is 2. The van der Waals surface area contributed by atoms with Gasteiger partial charge in [-0.2, -0.15) is 13.2 Å². The number of hydrogen-bond acceptors (Lipinski definition) is 1. The quantitative estimate of drug-likeness (QED) is 0.774. The van der Waals surface area contributed by atoms with Gasteiger partial charge >= 0.3 is 6.18 Å². The SMILES string of the molecule is O=C(CC1CCCc2ccccc21)C(F)(F)F. The summed E-state index contributed by atoms with van der Waals surface area (Å²) >= 11 is 0. The Kier molecular flexibility index (Phi) is 3.22. The van der Waals surface area contributed by atoms with Crippen molar-refractivity contribution in [3.63, 3.8) is 0 Å². The van der Waals surface area contributed by atoms with Gasteiger partial charge < -0.3 is 0 Å². The van der Waals surface area contributed by atoms with E-state index in [0.29, 0.717) is 6.42 Å². The van der Waals surface area contributed by atoms with Crippen LogP contribution in [0.5, 0.6) is 0 Å². The highest BCUT2D eigenvalue weighted by Crippen LogP contribution is 2.35. The van der Waals surface area contributed by atoms with E-state index in [1.807, 2.05) is 24.3 Å². The minimum atomic E-state index is -4.70. The number of hydrogen-bond donors (Lipinski definition) is 0. The molecule has 4 heteroatoms. The minimum absolute atomic E-state index is 0.269. The second-order valence-corrected chi connectivity index (χ2v) is 4.41. The first kappa shape index (κ1) is 12.1. The molecule has 0 heterocycles. The van der Waals surface area contributed by atoms with Gasteiger partial charge in [-0.15, -0.1) is 0 Å². The summed E-state index contributed by atoms with van der Waals surface area (Å²) in [5.41, 5.74) is 2.00. The average molecular weight is 242 g/mol. The van der Waals surface area contributed by atoms with Gasteiger partial charge in [0.25, 0.3) is 0 Å². The Bertz CT molecular complexity index is 423. The molecule has 0 fully saturated rings. The predicted octanol–water partition coefficient (Wildman–Crippen LogP) is 3.63. The van der Waals surface area contributed by atoms with E-state index in [0.717, 1.165) is 24.0 Å². The van der Waals surface area contributed by atoms with Crippen LogP contribution in [0.2, 0.25) is 0 Å². The van der Waals surface area contributed by atoms with Crippen molar-refractivity contribution in [1.82, 2.24) is 0 Å². The van der Waals surface area contributed by atoms with Gasteiger partial charge in [0.2, 0.25) is 5.78 Å². The first-order valence-corrected chi connectivity index (χ1v) is 5.66. The summed E-state index contributed by atoms with van der Waals surface area (Å²) in [6.45, 7) is 0. The molecule has 2 rings (SSSR count). The average Bonchev–Trinajstić information content (AvgIpc) is 2.28. The molecule has 0 saturated carbocycles. The highest BCUT2D eigenvalue weighted by atomic mass is 19.4. The smallest absolute Gasteiger partial charge is 0.290 e. The third-order valence-electron chi connectivity index (χ3n) is 3.24. The topological polar surface area (TPSA) is 17.1 Å². The number of Topliss-reactive ketones (excluding diaryl/α,β-unsaturated/α-hetero) is 1. The molecule has 1 nitrogen and oxygen atoms in total. The fraction of sp³-hybridized carbons (Fsp3) is 0.462. The van der Waals surface area contributed by atoms with Gasteiger partial charge in [-0.3, -0.25) is 4.79 Å². The molecule has 0 aliphatic heterocycles. The fourth-order valence-electron chi connectivity index (χ4n) is 2.41. The predicted molar refractivity (Wildman–Crippen MR) is 57.8 cm³/mol. The number of ketones is 1. The Hall–Kier alpha value is -1.32. The summed E-state index contributed by atoms with van der Waals surface area (Å²) in [5.74, 6) is -1.88. The highest BCUT2D eigenvalue weighted by Gasteiger charge is 2.39. The van der Waals surface area contributed by atoms with Crippen LogP contribution >= 0.6 is 0 Å². The molecular formula is C13H13F3O. The van der Waals surface area contributed by atoms with E-state index < -0.39 is 18.4 Å². The maximum Gasteiger partial charge on any atom is 0.449 e. The number of carbonyl (C=O) groups is 1. The summed E-state index contributed by atoms with van der Waals surface area (Å²) < 4.78 is 36.7. The molecule has 0 N–H and O–H groups in total. The largest absolute Gasteiger partial charge is 0.449 e. The molecule has 1 atom stereocenters. The molecule has 0 spiro atoms. The lowest BCUT2D eigenvalue weighted by molar-refractivity contribution is -0.171. The number of alkyl halides is 3. The van der Waals surface area contributed by atoms with Gasteiger partial charge in [0, 0.05) is 6.42 Å². The van der Waals surface area contributed by atoms with Crippen molar-refractivity contribution in [2.45, 2.75) is 37.8 Å². The summed E-state index contributed by atoms with van der Waals surface area (Å²) in [4.78, 5) is 11.0. The lowest BCUT2D eigenvalue weighted by atomic mass is 9.80. The second-order valence-electron chi connectivity index (χ2n) is 4.41. The van der Waals surface area contributed by atoms with Crippen LogP contribution in [0, 0.1) is 0 Å². The molecule has 1 aromatic rings. The van der Waals surface area contributed by atoms with Crippen LogP contribution in [-0.4, -0.2) is 12.0 Å². The van der Waals surface area contributed by atoms with E-state index in [-0.39, 0.29) is 5.92 Å². The Morgan fingerprint density at radius 3 is 2.71 bits per heavy atom. The van der Waals surface area contributed by atoms with E-state index in [4.69, 9.17) is 0 Å². The van der Waals surface area contributed by atoms with E-state index >= 15 is 0 Å². The molecule has 0 aromatic heterocycles. The van der Waals surface area contributed by atoms with Crippen LogP contribution in [0.25, 0.3) is 0 Å². The van der Waals surface area contributed by atoms with Crippen molar-refractivity contribution in [2.75, 3.05) is 0 Å². The summed E-state index contributed by atoms with van der Waals surface area (Å²) in [6.07, 6.45) is -2.70. The van der Waals surface area contributed by atoms with Gasteiger partial charge in [0.05, 0.1) is 0 Å². The zero-order valence-electron chi connectivity index (χ0n) is 9.26. The van der Waals surface area contributed by atoms with Gasteiger partial charge in [-0.1, -0.05) is 24.3 Å². The third kappa shape index (κ3) is 2.68. The molecule has 0 bridgehead atoms. The van der Waals surface area contributed by atoms with Gasteiger partial charge in [0.15, 0.2) is 0 Å². The standard InChI is InChI=1S/C13H13F3O/c14-13(15,16)12(17)8-10-6-3-5-9-4-1-2-7-11(9)10/h1-2,4,7,10H,3,5-6,8H2. The molecular weight excluding hydrogens is 229 g/mol. The Morgan fingerprint density at radius 1 is 1.29 bits per heavy atom. The fourth-order valence-corrected chi connectivity index (χ4v) is 2.41. The molecule has 1 aliphatic carbocycles. The van der Waals surface area contributed by atoms with Gasteiger partial charge in [-0.25, -0.2) is 0 Å². The van der Waals surface area contributed by atoms with Crippen molar-refractivity contribution in [3.05, 3.63) is 35.4 Å². The number of fused-ring (bicyclic) bond motifs is 1. The van der Waals surface area contributed by atoms with E-state index in [2.05, 4.69) is 0 Å². The molecule has 92 valence electrons. The maximum atomic E-state index is 12.2. The maximum absolute atomic E-state index is 12.2. The second kappa shape index (κ2) is 4.51. The van der Waals surface area contributed by atoms with Crippen molar-refractivity contribution < 1.29 is 18.0 Å². The van der Waals surface area contributed by atoms with Crippen LogP contribution < -0.4 is 0 Å². The highest BCUT2D eigenvalue weighted by molar-refractivity contribution is 5.84. The molecule has 0 saturated heterocycles. The van der Waals surface area contributed by atoms with E-state index in [9.17, 15) is 18.0 Å². The lowest BCUT2D eigenvalue weighted by Gasteiger charge is -2.25. The first-order chi connectivity index (χ1) is 7.98. The zero-order chi connectivity index (χ0) is 12.5.